The van der Waals surface area contributed by atoms with Crippen molar-refractivity contribution >= 4 is 25.9 Å². The quantitative estimate of drug-likeness (QED) is 0.539. The maximum Gasteiger partial charge on any atom is 0.268 e. The molecule has 0 aliphatic heterocycles. The Bertz CT molecular complexity index is 1230. The van der Waals surface area contributed by atoms with E-state index in [0.717, 1.165) is 33.0 Å². The summed E-state index contributed by atoms with van der Waals surface area (Å²) in [6, 6.07) is 8.54. The van der Waals surface area contributed by atoms with E-state index in [4.69, 9.17) is 0 Å². The summed E-state index contributed by atoms with van der Waals surface area (Å²) in [6.45, 7) is 12.0. The summed E-state index contributed by atoms with van der Waals surface area (Å²) in [4.78, 5) is -0.253. The minimum absolute atomic E-state index is 0.0405. The molecule has 6 nitrogen and oxygen atoms in total. The van der Waals surface area contributed by atoms with Gasteiger partial charge in [-0.25, -0.2) is 20.8 Å². The van der Waals surface area contributed by atoms with Crippen LogP contribution in [0.3, 0.4) is 0 Å². The van der Waals surface area contributed by atoms with Crippen LogP contribution in [-0.2, 0) is 19.9 Å². The predicted molar refractivity (Wildman–Crippen MR) is 124 cm³/mol. The van der Waals surface area contributed by atoms with Crippen LogP contribution < -0.4 is 0 Å². The highest BCUT2D eigenvalue weighted by Gasteiger charge is 2.29. The SMILES string of the molecule is CC(C)c1cc(C(C)C)c(S(=O)(=O)n2cccc2/C=C(\C#N)S(C)(=O)=O)c(C(C)C)c1. The number of allylic oxidation sites excluding steroid dienone is 1. The zero-order chi connectivity index (χ0) is 23.7. The van der Waals surface area contributed by atoms with Gasteiger partial charge in [-0.2, -0.15) is 5.26 Å². The summed E-state index contributed by atoms with van der Waals surface area (Å²) in [6.07, 6.45) is 3.39. The van der Waals surface area contributed by atoms with Crippen LogP contribution in [0.25, 0.3) is 6.08 Å². The number of nitrogens with zero attached hydrogens (tertiary/aromatic N) is 2. The van der Waals surface area contributed by atoms with E-state index in [2.05, 4.69) is 13.8 Å². The van der Waals surface area contributed by atoms with Crippen LogP contribution in [-0.4, -0.2) is 27.1 Å². The predicted octanol–water partition coefficient (Wildman–Crippen LogP) is 5.00. The normalized spacial score (nSPS) is 13.3. The first-order valence-electron chi connectivity index (χ1n) is 10.1. The second-order valence-electron chi connectivity index (χ2n) is 8.62. The van der Waals surface area contributed by atoms with Gasteiger partial charge in [0.1, 0.15) is 11.0 Å². The molecule has 0 fully saturated rings. The smallest absolute Gasteiger partial charge is 0.242 e. The van der Waals surface area contributed by atoms with Crippen LogP contribution in [0.15, 0.2) is 40.3 Å². The molecule has 0 unspecified atom stereocenters. The molecular weight excluding hydrogens is 432 g/mol. The largest absolute Gasteiger partial charge is 0.268 e. The average Bonchev–Trinajstić information content (AvgIpc) is 3.12. The molecule has 0 radical (unpaired) electrons. The van der Waals surface area contributed by atoms with Crippen molar-refractivity contribution in [1.29, 1.82) is 5.26 Å². The molecule has 1 aromatic heterocycles. The molecule has 2 rings (SSSR count). The second kappa shape index (κ2) is 9.01. The molecule has 1 heterocycles. The lowest BCUT2D eigenvalue weighted by Gasteiger charge is -2.23. The fraction of sp³-hybridized carbons (Fsp3) is 0.435. The van der Waals surface area contributed by atoms with Crippen molar-refractivity contribution in [2.24, 2.45) is 0 Å². The Morgan fingerprint density at radius 2 is 1.48 bits per heavy atom. The summed E-state index contributed by atoms with van der Waals surface area (Å²) in [5.41, 5.74) is 2.63. The van der Waals surface area contributed by atoms with Gasteiger partial charge < -0.3 is 0 Å². The number of nitriles is 1. The number of hydrogen-bond acceptors (Lipinski definition) is 5. The molecule has 168 valence electrons. The van der Waals surface area contributed by atoms with Gasteiger partial charge >= 0.3 is 0 Å². The fourth-order valence-corrected chi connectivity index (χ4v) is 5.86. The summed E-state index contributed by atoms with van der Waals surface area (Å²) in [7, 11) is -7.84. The molecule has 31 heavy (non-hydrogen) atoms. The van der Waals surface area contributed by atoms with Crippen molar-refractivity contribution in [1.82, 2.24) is 3.97 Å². The minimum atomic E-state index is -4.05. The standard InChI is InChI=1S/C23H30N2O4S2/c1-15(2)18-11-21(16(3)4)23(22(12-18)17(5)6)31(28,29)25-10-8-9-19(25)13-20(14-24)30(7,26)27/h8-13,15-17H,1-7H3/b20-13+. The minimum Gasteiger partial charge on any atom is -0.242 e. The van der Waals surface area contributed by atoms with E-state index in [9.17, 15) is 22.1 Å². The Morgan fingerprint density at radius 1 is 0.968 bits per heavy atom. The van der Waals surface area contributed by atoms with Gasteiger partial charge in [0.05, 0.1) is 10.6 Å². The molecule has 0 N–H and O–H groups in total. The van der Waals surface area contributed by atoms with Crippen LogP contribution in [0.5, 0.6) is 0 Å². The topological polar surface area (TPSA) is 97.0 Å². The summed E-state index contributed by atoms with van der Waals surface area (Å²) in [5, 5.41) is 9.23. The van der Waals surface area contributed by atoms with Crippen molar-refractivity contribution < 1.29 is 16.8 Å². The molecule has 0 amide bonds. The van der Waals surface area contributed by atoms with Crippen LogP contribution >= 0.6 is 0 Å². The van der Waals surface area contributed by atoms with Crippen LogP contribution in [0.1, 0.15) is 81.7 Å². The van der Waals surface area contributed by atoms with Gasteiger partial charge in [0.25, 0.3) is 10.0 Å². The molecule has 1 aromatic carbocycles. The van der Waals surface area contributed by atoms with E-state index in [1.54, 1.807) is 6.07 Å². The third-order valence-corrected chi connectivity index (χ3v) is 7.97. The molecular formula is C23H30N2O4S2. The Kier molecular flexibility index (Phi) is 7.24. The highest BCUT2D eigenvalue weighted by molar-refractivity contribution is 7.95. The van der Waals surface area contributed by atoms with Crippen LogP contribution in [0.2, 0.25) is 0 Å². The number of benzene rings is 1. The van der Waals surface area contributed by atoms with Crippen LogP contribution in [0, 0.1) is 11.3 Å². The van der Waals surface area contributed by atoms with E-state index >= 15 is 0 Å². The van der Waals surface area contributed by atoms with Crippen molar-refractivity contribution in [2.75, 3.05) is 6.26 Å². The summed E-state index contributed by atoms with van der Waals surface area (Å²) >= 11 is 0. The third-order valence-electron chi connectivity index (χ3n) is 5.13. The summed E-state index contributed by atoms with van der Waals surface area (Å²) in [5.74, 6) is 0.159. The lowest BCUT2D eigenvalue weighted by Crippen LogP contribution is -2.19. The lowest BCUT2D eigenvalue weighted by molar-refractivity contribution is 0.581. The van der Waals surface area contributed by atoms with E-state index in [1.165, 1.54) is 18.3 Å². The zero-order valence-corrected chi connectivity index (χ0v) is 20.7. The van der Waals surface area contributed by atoms with Gasteiger partial charge in [-0.05, 0) is 52.7 Å². The van der Waals surface area contributed by atoms with Gasteiger partial charge in [0.2, 0.25) is 0 Å². The first-order chi connectivity index (χ1) is 14.2. The highest BCUT2D eigenvalue weighted by Crippen LogP contribution is 2.36. The van der Waals surface area contributed by atoms with E-state index in [-0.39, 0.29) is 28.3 Å². The van der Waals surface area contributed by atoms with Crippen molar-refractivity contribution in [3.05, 3.63) is 57.8 Å². The third kappa shape index (κ3) is 5.10. The molecule has 0 aliphatic rings. The Balaban J connectivity index is 2.90. The first kappa shape index (κ1) is 24.9. The Hall–Kier alpha value is -2.37. The number of aromatic nitrogens is 1. The Labute approximate surface area is 186 Å². The van der Waals surface area contributed by atoms with Crippen LogP contribution in [0.4, 0.5) is 0 Å². The molecule has 0 saturated carbocycles. The maximum absolute atomic E-state index is 13.9. The fourth-order valence-electron chi connectivity index (χ4n) is 3.35. The zero-order valence-electron chi connectivity index (χ0n) is 19.0. The first-order valence-corrected chi connectivity index (χ1v) is 13.5. The molecule has 0 atom stereocenters. The van der Waals surface area contributed by atoms with E-state index < -0.39 is 24.8 Å². The molecule has 0 bridgehead atoms. The summed E-state index contributed by atoms with van der Waals surface area (Å²) < 4.78 is 52.5. The number of sulfone groups is 1. The molecule has 8 heteroatoms. The Morgan fingerprint density at radius 3 is 1.87 bits per heavy atom. The van der Waals surface area contributed by atoms with Crippen molar-refractivity contribution in [3.8, 4) is 6.07 Å². The van der Waals surface area contributed by atoms with Crippen molar-refractivity contribution in [2.45, 2.75) is 64.2 Å². The molecule has 0 spiro atoms. The molecule has 2 aromatic rings. The van der Waals surface area contributed by atoms with Gasteiger partial charge in [0, 0.05) is 12.5 Å². The lowest BCUT2D eigenvalue weighted by atomic mass is 9.89. The highest BCUT2D eigenvalue weighted by atomic mass is 32.2. The number of rotatable bonds is 7. The average molecular weight is 463 g/mol. The number of hydrogen-bond donors (Lipinski definition) is 0. The van der Waals surface area contributed by atoms with Gasteiger partial charge in [-0.15, -0.1) is 0 Å². The van der Waals surface area contributed by atoms with Gasteiger partial charge in [0.15, 0.2) is 9.84 Å². The van der Waals surface area contributed by atoms with E-state index in [1.807, 2.05) is 39.8 Å². The van der Waals surface area contributed by atoms with Gasteiger partial charge in [-0.1, -0.05) is 53.7 Å². The van der Waals surface area contributed by atoms with Crippen molar-refractivity contribution in [3.63, 3.8) is 0 Å². The van der Waals surface area contributed by atoms with E-state index in [0.29, 0.717) is 0 Å². The second-order valence-corrected chi connectivity index (χ2v) is 12.4. The monoisotopic (exact) mass is 462 g/mol. The maximum atomic E-state index is 13.9. The molecule has 0 saturated heterocycles. The molecule has 0 aliphatic carbocycles. The van der Waals surface area contributed by atoms with Gasteiger partial charge in [-0.3, -0.25) is 0 Å².